The molecule has 2 rings (SSSR count). The molecule has 19 heavy (non-hydrogen) atoms. The van der Waals surface area contributed by atoms with E-state index in [4.69, 9.17) is 9.47 Å². The Kier molecular flexibility index (Phi) is 5.22. The average molecular weight is 283 g/mol. The predicted octanol–water partition coefficient (Wildman–Crippen LogP) is 1.70. The lowest BCUT2D eigenvalue weighted by molar-refractivity contribution is 0.174. The molecule has 2 atom stereocenters. The predicted molar refractivity (Wildman–Crippen MR) is 77.3 cm³/mol. The minimum Gasteiger partial charge on any atom is -0.454 e. The second kappa shape index (κ2) is 6.91. The van der Waals surface area contributed by atoms with Gasteiger partial charge >= 0.3 is 0 Å². The van der Waals surface area contributed by atoms with Gasteiger partial charge in [0, 0.05) is 35.4 Å². The lowest BCUT2D eigenvalue weighted by Gasteiger charge is -2.13. The Morgan fingerprint density at radius 2 is 2.16 bits per heavy atom. The first-order valence-corrected chi connectivity index (χ1v) is 8.30. The fourth-order valence-corrected chi connectivity index (χ4v) is 2.44. The third kappa shape index (κ3) is 4.51. The van der Waals surface area contributed by atoms with Gasteiger partial charge in [-0.25, -0.2) is 0 Å². The first kappa shape index (κ1) is 14.3. The molecule has 0 radical (unpaired) electrons. The molecular formula is C14H21NO3S. The third-order valence-electron chi connectivity index (χ3n) is 3.19. The van der Waals surface area contributed by atoms with Crippen molar-refractivity contribution in [2.75, 3.05) is 25.3 Å². The van der Waals surface area contributed by atoms with Gasteiger partial charge in [0.15, 0.2) is 11.5 Å². The summed E-state index contributed by atoms with van der Waals surface area (Å²) in [6, 6.07) is 6.53. The van der Waals surface area contributed by atoms with Gasteiger partial charge in [0.05, 0.1) is 0 Å². The fraction of sp³-hybridized carbons (Fsp3) is 0.571. The Bertz CT molecular complexity index is 450. The van der Waals surface area contributed by atoms with E-state index in [0.29, 0.717) is 18.6 Å². The molecule has 1 heterocycles. The van der Waals surface area contributed by atoms with E-state index >= 15 is 0 Å². The number of nitrogens with one attached hydrogen (secondary N) is 1. The molecule has 106 valence electrons. The van der Waals surface area contributed by atoms with E-state index in [0.717, 1.165) is 30.9 Å². The fourth-order valence-electron chi connectivity index (χ4n) is 2.03. The minimum atomic E-state index is -0.715. The van der Waals surface area contributed by atoms with Crippen LogP contribution in [0.5, 0.6) is 11.5 Å². The van der Waals surface area contributed by atoms with Crippen LogP contribution in [-0.2, 0) is 17.2 Å². The van der Waals surface area contributed by atoms with Gasteiger partial charge in [0.25, 0.3) is 0 Å². The largest absolute Gasteiger partial charge is 0.454 e. The molecule has 5 heteroatoms. The highest BCUT2D eigenvalue weighted by atomic mass is 32.2. The van der Waals surface area contributed by atoms with Crippen LogP contribution >= 0.6 is 0 Å². The smallest absolute Gasteiger partial charge is 0.231 e. The van der Waals surface area contributed by atoms with Gasteiger partial charge in [-0.05, 0) is 37.5 Å². The maximum atomic E-state index is 11.0. The zero-order valence-electron chi connectivity index (χ0n) is 11.5. The number of ether oxygens (including phenoxy) is 2. The van der Waals surface area contributed by atoms with Crippen molar-refractivity contribution in [3.63, 3.8) is 0 Å². The zero-order valence-corrected chi connectivity index (χ0v) is 12.3. The van der Waals surface area contributed by atoms with Crippen LogP contribution in [0.4, 0.5) is 0 Å². The highest BCUT2D eigenvalue weighted by Crippen LogP contribution is 2.32. The van der Waals surface area contributed by atoms with Crippen molar-refractivity contribution in [2.24, 2.45) is 0 Å². The van der Waals surface area contributed by atoms with Gasteiger partial charge in [-0.15, -0.1) is 0 Å². The van der Waals surface area contributed by atoms with Crippen LogP contribution in [0.3, 0.4) is 0 Å². The van der Waals surface area contributed by atoms with E-state index in [1.165, 1.54) is 5.56 Å². The van der Waals surface area contributed by atoms with E-state index in [2.05, 4.69) is 24.4 Å². The van der Waals surface area contributed by atoms with Crippen molar-refractivity contribution in [3.05, 3.63) is 23.8 Å². The molecule has 0 aromatic heterocycles. The summed E-state index contributed by atoms with van der Waals surface area (Å²) in [6.07, 6.45) is 3.79. The number of rotatable bonds is 7. The summed E-state index contributed by atoms with van der Waals surface area (Å²) in [5, 5.41) is 3.39. The number of benzene rings is 1. The maximum Gasteiger partial charge on any atom is 0.231 e. The Labute approximate surface area is 116 Å². The Hall–Kier alpha value is -1.07. The molecule has 1 aliphatic rings. The molecule has 1 aromatic rings. The SMILES string of the molecule is CC(CCc1ccc2c(c1)OCO2)NCCS(C)=O. The van der Waals surface area contributed by atoms with Crippen LogP contribution in [-0.4, -0.2) is 35.6 Å². The van der Waals surface area contributed by atoms with Gasteiger partial charge < -0.3 is 14.8 Å². The molecule has 0 saturated carbocycles. The molecule has 4 nitrogen and oxygen atoms in total. The molecule has 2 unspecified atom stereocenters. The lowest BCUT2D eigenvalue weighted by atomic mass is 10.1. The van der Waals surface area contributed by atoms with Gasteiger partial charge in [0.2, 0.25) is 6.79 Å². The van der Waals surface area contributed by atoms with Crippen molar-refractivity contribution in [2.45, 2.75) is 25.8 Å². The molecule has 0 bridgehead atoms. The highest BCUT2D eigenvalue weighted by molar-refractivity contribution is 7.84. The first-order chi connectivity index (χ1) is 9.15. The van der Waals surface area contributed by atoms with Crippen LogP contribution in [0, 0.1) is 0 Å². The molecule has 0 amide bonds. The Morgan fingerprint density at radius 3 is 2.95 bits per heavy atom. The second-order valence-electron chi connectivity index (χ2n) is 4.86. The summed E-state index contributed by atoms with van der Waals surface area (Å²) in [5.41, 5.74) is 1.26. The summed E-state index contributed by atoms with van der Waals surface area (Å²) in [7, 11) is -0.715. The molecule has 0 aliphatic carbocycles. The normalized spacial score (nSPS) is 16.3. The van der Waals surface area contributed by atoms with Crippen LogP contribution in [0.15, 0.2) is 18.2 Å². The number of aryl methyl sites for hydroxylation is 1. The van der Waals surface area contributed by atoms with Gasteiger partial charge in [-0.1, -0.05) is 6.07 Å². The number of hydrogen-bond donors (Lipinski definition) is 1. The van der Waals surface area contributed by atoms with Crippen LogP contribution in [0.2, 0.25) is 0 Å². The lowest BCUT2D eigenvalue weighted by Crippen LogP contribution is -2.30. The monoisotopic (exact) mass is 283 g/mol. The molecule has 0 fully saturated rings. The zero-order chi connectivity index (χ0) is 13.7. The molecule has 1 N–H and O–H groups in total. The Morgan fingerprint density at radius 1 is 1.37 bits per heavy atom. The van der Waals surface area contributed by atoms with Crippen molar-refractivity contribution in [3.8, 4) is 11.5 Å². The summed E-state index contributed by atoms with van der Waals surface area (Å²) < 4.78 is 21.6. The standard InChI is InChI=1S/C14H21NO3S/c1-11(15-7-8-19(2)16)3-4-12-5-6-13-14(9-12)18-10-17-13/h5-6,9,11,15H,3-4,7-8,10H2,1-2H3. The van der Waals surface area contributed by atoms with Crippen LogP contribution < -0.4 is 14.8 Å². The van der Waals surface area contributed by atoms with E-state index in [-0.39, 0.29) is 0 Å². The summed E-state index contributed by atoms with van der Waals surface area (Å²) in [6.45, 7) is 3.29. The summed E-state index contributed by atoms with van der Waals surface area (Å²) in [4.78, 5) is 0. The quantitative estimate of drug-likeness (QED) is 0.827. The van der Waals surface area contributed by atoms with Crippen LogP contribution in [0.25, 0.3) is 0 Å². The van der Waals surface area contributed by atoms with E-state index in [1.807, 2.05) is 6.07 Å². The maximum absolute atomic E-state index is 11.0. The second-order valence-corrected chi connectivity index (χ2v) is 6.41. The average Bonchev–Trinajstić information content (AvgIpc) is 2.83. The summed E-state index contributed by atoms with van der Waals surface area (Å²) >= 11 is 0. The number of fused-ring (bicyclic) bond motifs is 1. The third-order valence-corrected chi connectivity index (χ3v) is 3.96. The molecular weight excluding hydrogens is 262 g/mol. The van der Waals surface area contributed by atoms with Crippen molar-refractivity contribution in [1.29, 1.82) is 0 Å². The molecule has 1 aromatic carbocycles. The van der Waals surface area contributed by atoms with E-state index in [1.54, 1.807) is 6.26 Å². The van der Waals surface area contributed by atoms with Crippen molar-refractivity contribution >= 4 is 10.8 Å². The van der Waals surface area contributed by atoms with Crippen molar-refractivity contribution in [1.82, 2.24) is 5.32 Å². The number of hydrogen-bond acceptors (Lipinski definition) is 4. The van der Waals surface area contributed by atoms with E-state index in [9.17, 15) is 4.21 Å². The molecule has 0 saturated heterocycles. The Balaban J connectivity index is 1.74. The highest BCUT2D eigenvalue weighted by Gasteiger charge is 2.13. The molecule has 1 aliphatic heterocycles. The van der Waals surface area contributed by atoms with Crippen molar-refractivity contribution < 1.29 is 13.7 Å². The molecule has 0 spiro atoms. The van der Waals surface area contributed by atoms with Gasteiger partial charge in [-0.2, -0.15) is 0 Å². The summed E-state index contributed by atoms with van der Waals surface area (Å²) in [5.74, 6) is 2.40. The van der Waals surface area contributed by atoms with Crippen LogP contribution in [0.1, 0.15) is 18.9 Å². The minimum absolute atomic E-state index is 0.324. The van der Waals surface area contributed by atoms with Gasteiger partial charge in [0.1, 0.15) is 0 Å². The van der Waals surface area contributed by atoms with Gasteiger partial charge in [-0.3, -0.25) is 4.21 Å². The first-order valence-electron chi connectivity index (χ1n) is 6.57. The van der Waals surface area contributed by atoms with E-state index < -0.39 is 10.8 Å². The topological polar surface area (TPSA) is 47.6 Å².